The van der Waals surface area contributed by atoms with Crippen LogP contribution >= 0.6 is 0 Å². The van der Waals surface area contributed by atoms with E-state index >= 15 is 0 Å². The quantitative estimate of drug-likeness (QED) is 0.501. The molecule has 1 N–H and O–H groups in total. The molecule has 0 spiro atoms. The molecule has 0 fully saturated rings. The Morgan fingerprint density at radius 3 is 2.67 bits per heavy atom. The molecule has 3 heteroatoms. The van der Waals surface area contributed by atoms with Gasteiger partial charge in [-0.25, -0.2) is 4.79 Å². The number of rotatable bonds is 5. The lowest BCUT2D eigenvalue weighted by Crippen LogP contribution is -2.31. The number of hydrogen-bond acceptors (Lipinski definition) is 3. The monoisotopic (exact) mass is 172 g/mol. The molecule has 0 saturated carbocycles. The van der Waals surface area contributed by atoms with Crippen molar-refractivity contribution in [2.75, 3.05) is 6.61 Å². The number of hydrogen-bond donors (Lipinski definition) is 1. The highest BCUT2D eigenvalue weighted by Gasteiger charge is 2.24. The summed E-state index contributed by atoms with van der Waals surface area (Å²) >= 11 is 0. The van der Waals surface area contributed by atoms with E-state index in [2.05, 4.69) is 6.58 Å². The fourth-order valence-electron chi connectivity index (χ4n) is 0.821. The van der Waals surface area contributed by atoms with Gasteiger partial charge in [0.15, 0.2) is 0 Å². The van der Waals surface area contributed by atoms with Crippen LogP contribution in [0.25, 0.3) is 0 Å². The summed E-state index contributed by atoms with van der Waals surface area (Å²) in [5.41, 5.74) is -0.556. The topological polar surface area (TPSA) is 46.5 Å². The third-order valence-electron chi connectivity index (χ3n) is 1.90. The number of ether oxygens (including phenoxy) is 1. The highest BCUT2D eigenvalue weighted by atomic mass is 16.6. The Labute approximate surface area is 73.0 Å². The molecule has 0 saturated heterocycles. The molecular formula is C9H16O3. The van der Waals surface area contributed by atoms with Crippen molar-refractivity contribution in [1.82, 2.24) is 0 Å². The van der Waals surface area contributed by atoms with Gasteiger partial charge < -0.3 is 9.84 Å². The average molecular weight is 172 g/mol. The average Bonchev–Trinajstić information content (AvgIpc) is 2.05. The Balaban J connectivity index is 4.12. The summed E-state index contributed by atoms with van der Waals surface area (Å²) in [5.74, 6) is -0.437. The molecule has 3 nitrogen and oxygen atoms in total. The molecule has 0 aliphatic heterocycles. The number of esters is 1. The van der Waals surface area contributed by atoms with Gasteiger partial charge in [-0.2, -0.15) is 0 Å². The summed E-state index contributed by atoms with van der Waals surface area (Å²) < 4.78 is 5.06. The van der Waals surface area contributed by atoms with Crippen LogP contribution in [0.5, 0.6) is 0 Å². The summed E-state index contributed by atoms with van der Waals surface area (Å²) in [4.78, 5) is 10.8. The second-order valence-corrected chi connectivity index (χ2v) is 2.90. The normalized spacial score (nSPS) is 14.9. The molecule has 0 aromatic heterocycles. The smallest absolute Gasteiger partial charge is 0.330 e. The summed E-state index contributed by atoms with van der Waals surface area (Å²) in [5, 5.41) is 8.70. The first-order valence-electron chi connectivity index (χ1n) is 4.04. The molecular weight excluding hydrogens is 156 g/mol. The van der Waals surface area contributed by atoms with Gasteiger partial charge in [0.25, 0.3) is 0 Å². The third-order valence-corrected chi connectivity index (χ3v) is 1.90. The maximum absolute atomic E-state index is 10.8. The van der Waals surface area contributed by atoms with Crippen LogP contribution in [0.3, 0.4) is 0 Å². The highest BCUT2D eigenvalue weighted by molar-refractivity contribution is 5.81. The second-order valence-electron chi connectivity index (χ2n) is 2.90. The van der Waals surface area contributed by atoms with Crippen molar-refractivity contribution < 1.29 is 14.6 Å². The molecule has 1 atom stereocenters. The molecule has 0 amide bonds. The second kappa shape index (κ2) is 4.93. The van der Waals surface area contributed by atoms with Crippen LogP contribution < -0.4 is 0 Å². The number of aliphatic hydroxyl groups excluding tert-OH is 1. The molecule has 0 aliphatic carbocycles. The van der Waals surface area contributed by atoms with E-state index in [-0.39, 0.29) is 6.61 Å². The van der Waals surface area contributed by atoms with E-state index in [1.807, 2.05) is 6.92 Å². The van der Waals surface area contributed by atoms with Gasteiger partial charge in [0.05, 0.1) is 0 Å². The Kier molecular flexibility index (Phi) is 4.59. The first kappa shape index (κ1) is 11.2. The van der Waals surface area contributed by atoms with Crippen molar-refractivity contribution in [2.45, 2.75) is 32.3 Å². The van der Waals surface area contributed by atoms with Crippen molar-refractivity contribution >= 4 is 5.97 Å². The van der Waals surface area contributed by atoms with Crippen molar-refractivity contribution in [2.24, 2.45) is 0 Å². The van der Waals surface area contributed by atoms with E-state index < -0.39 is 11.6 Å². The molecule has 0 aromatic rings. The van der Waals surface area contributed by atoms with Gasteiger partial charge >= 0.3 is 5.97 Å². The Morgan fingerprint density at radius 1 is 1.75 bits per heavy atom. The van der Waals surface area contributed by atoms with Gasteiger partial charge in [0.2, 0.25) is 0 Å². The first-order valence-corrected chi connectivity index (χ1v) is 4.04. The van der Waals surface area contributed by atoms with Crippen LogP contribution in [0.4, 0.5) is 0 Å². The van der Waals surface area contributed by atoms with E-state index in [4.69, 9.17) is 9.84 Å². The van der Waals surface area contributed by atoms with E-state index in [0.717, 1.165) is 6.08 Å². The van der Waals surface area contributed by atoms with Gasteiger partial charge in [-0.3, -0.25) is 0 Å². The molecule has 0 bridgehead atoms. The van der Waals surface area contributed by atoms with Gasteiger partial charge in [-0.05, 0) is 13.3 Å². The first-order chi connectivity index (χ1) is 5.58. The molecule has 0 heterocycles. The maximum Gasteiger partial charge on any atom is 0.330 e. The summed E-state index contributed by atoms with van der Waals surface area (Å²) in [6, 6.07) is 0. The van der Waals surface area contributed by atoms with Crippen LogP contribution in [-0.2, 0) is 9.53 Å². The van der Waals surface area contributed by atoms with E-state index in [0.29, 0.717) is 12.8 Å². The molecule has 0 rings (SSSR count). The SMILES string of the molecule is C=CC(=O)OC(C)(CC)CCO. The fraction of sp³-hybridized carbons (Fsp3) is 0.667. The lowest BCUT2D eigenvalue weighted by Gasteiger charge is -2.26. The van der Waals surface area contributed by atoms with Crippen molar-refractivity contribution in [3.8, 4) is 0 Å². The zero-order valence-corrected chi connectivity index (χ0v) is 7.67. The molecule has 70 valence electrons. The Hall–Kier alpha value is -0.830. The van der Waals surface area contributed by atoms with Gasteiger partial charge in [-0.1, -0.05) is 13.5 Å². The zero-order valence-electron chi connectivity index (χ0n) is 7.67. The lowest BCUT2D eigenvalue weighted by atomic mass is 9.99. The van der Waals surface area contributed by atoms with Crippen LogP contribution in [0.2, 0.25) is 0 Å². The Morgan fingerprint density at radius 2 is 2.33 bits per heavy atom. The zero-order chi connectivity index (χ0) is 9.61. The minimum Gasteiger partial charge on any atom is -0.456 e. The molecule has 0 radical (unpaired) electrons. The largest absolute Gasteiger partial charge is 0.456 e. The fourth-order valence-corrected chi connectivity index (χ4v) is 0.821. The maximum atomic E-state index is 10.8. The van der Waals surface area contributed by atoms with Crippen molar-refractivity contribution in [3.63, 3.8) is 0 Å². The van der Waals surface area contributed by atoms with Crippen molar-refractivity contribution in [3.05, 3.63) is 12.7 Å². The van der Waals surface area contributed by atoms with Crippen molar-refractivity contribution in [1.29, 1.82) is 0 Å². The van der Waals surface area contributed by atoms with E-state index in [9.17, 15) is 4.79 Å². The van der Waals surface area contributed by atoms with Crippen LogP contribution in [0.15, 0.2) is 12.7 Å². The molecule has 12 heavy (non-hydrogen) atoms. The lowest BCUT2D eigenvalue weighted by molar-refractivity contribution is -0.153. The minimum atomic E-state index is -0.556. The number of carbonyl (C=O) groups excluding carboxylic acids is 1. The molecule has 1 unspecified atom stereocenters. The summed E-state index contributed by atoms with van der Waals surface area (Å²) in [6.45, 7) is 7.03. The minimum absolute atomic E-state index is 0.0226. The third kappa shape index (κ3) is 3.53. The molecule has 0 aromatic carbocycles. The van der Waals surface area contributed by atoms with E-state index in [1.165, 1.54) is 0 Å². The molecule has 0 aliphatic rings. The highest BCUT2D eigenvalue weighted by Crippen LogP contribution is 2.19. The van der Waals surface area contributed by atoms with E-state index in [1.54, 1.807) is 6.92 Å². The Bertz CT molecular complexity index is 165. The van der Waals surface area contributed by atoms with Gasteiger partial charge in [-0.15, -0.1) is 0 Å². The van der Waals surface area contributed by atoms with Gasteiger partial charge in [0, 0.05) is 19.1 Å². The summed E-state index contributed by atoms with van der Waals surface area (Å²) in [6.07, 6.45) is 2.28. The predicted octanol–water partition coefficient (Wildman–Crippen LogP) is 1.27. The number of aliphatic hydroxyl groups is 1. The van der Waals surface area contributed by atoms with Crippen LogP contribution in [0.1, 0.15) is 26.7 Å². The standard InChI is InChI=1S/C9H16O3/c1-4-8(11)12-9(3,5-2)6-7-10/h4,10H,1,5-7H2,2-3H3. The number of carbonyl (C=O) groups is 1. The van der Waals surface area contributed by atoms with Crippen LogP contribution in [0, 0.1) is 0 Å². The predicted molar refractivity (Wildman–Crippen MR) is 46.7 cm³/mol. The summed E-state index contributed by atoms with van der Waals surface area (Å²) in [7, 11) is 0. The van der Waals surface area contributed by atoms with Crippen LogP contribution in [-0.4, -0.2) is 23.3 Å². The van der Waals surface area contributed by atoms with Gasteiger partial charge in [0.1, 0.15) is 5.60 Å².